The van der Waals surface area contributed by atoms with E-state index >= 15 is 0 Å². The number of hydrogen-bond acceptors (Lipinski definition) is 3. The molecular formula is C14H28N2OS. The highest BCUT2D eigenvalue weighted by Crippen LogP contribution is 2.19. The number of unbranched alkanes of at least 4 members (excludes halogenated alkanes) is 1. The summed E-state index contributed by atoms with van der Waals surface area (Å²) in [6.45, 7) is 10.5. The van der Waals surface area contributed by atoms with E-state index in [2.05, 4.69) is 38.0 Å². The lowest BCUT2D eigenvalue weighted by atomic mass is 10.1. The van der Waals surface area contributed by atoms with Gasteiger partial charge >= 0.3 is 0 Å². The van der Waals surface area contributed by atoms with Crippen molar-refractivity contribution in [2.75, 3.05) is 18.9 Å². The van der Waals surface area contributed by atoms with Gasteiger partial charge in [0.1, 0.15) is 0 Å². The van der Waals surface area contributed by atoms with E-state index in [1.54, 1.807) is 0 Å². The fourth-order valence-corrected chi connectivity index (χ4v) is 2.95. The quantitative estimate of drug-likeness (QED) is 0.688. The molecule has 0 amide bonds. The van der Waals surface area contributed by atoms with Gasteiger partial charge in [0.25, 0.3) is 0 Å². The molecule has 1 fully saturated rings. The highest BCUT2D eigenvalue weighted by Gasteiger charge is 2.20. The Morgan fingerprint density at radius 1 is 1.33 bits per heavy atom. The van der Waals surface area contributed by atoms with E-state index in [1.165, 1.54) is 12.2 Å². The minimum Gasteiger partial charge on any atom is -0.379 e. The topological polar surface area (TPSA) is 33.6 Å². The molecule has 0 spiro atoms. The van der Waals surface area contributed by atoms with Crippen molar-refractivity contribution < 1.29 is 4.74 Å². The Bertz CT molecular complexity index is 254. The number of rotatable bonds is 8. The molecule has 1 saturated heterocycles. The van der Waals surface area contributed by atoms with Gasteiger partial charge in [-0.15, -0.1) is 0 Å². The van der Waals surface area contributed by atoms with Crippen LogP contribution >= 0.6 is 11.8 Å². The van der Waals surface area contributed by atoms with Gasteiger partial charge in [-0.2, -0.15) is 0 Å². The number of nitrogens with one attached hydrogen (secondary N) is 1. The first-order chi connectivity index (χ1) is 8.58. The first-order valence-corrected chi connectivity index (χ1v) is 8.12. The molecule has 0 bridgehead atoms. The molecule has 3 nitrogen and oxygen atoms in total. The zero-order valence-corrected chi connectivity index (χ0v) is 13.1. The lowest BCUT2D eigenvalue weighted by Gasteiger charge is -2.11. The van der Waals surface area contributed by atoms with Crippen molar-refractivity contribution in [1.29, 1.82) is 0 Å². The average Bonchev–Trinajstić information content (AvgIpc) is 2.69. The molecule has 0 radical (unpaired) electrons. The van der Waals surface area contributed by atoms with Gasteiger partial charge in [0, 0.05) is 24.9 Å². The van der Waals surface area contributed by atoms with E-state index in [0.29, 0.717) is 12.1 Å². The SMILES string of the molecule is CC(C)CC1CSC(=NCCCCOC(C)C)N1. The lowest BCUT2D eigenvalue weighted by molar-refractivity contribution is 0.0764. The van der Waals surface area contributed by atoms with E-state index < -0.39 is 0 Å². The van der Waals surface area contributed by atoms with Gasteiger partial charge in [-0.05, 0) is 39.0 Å². The van der Waals surface area contributed by atoms with Crippen LogP contribution in [0.5, 0.6) is 0 Å². The highest BCUT2D eigenvalue weighted by atomic mass is 32.2. The van der Waals surface area contributed by atoms with Gasteiger partial charge in [-0.1, -0.05) is 25.6 Å². The molecule has 1 aliphatic heterocycles. The van der Waals surface area contributed by atoms with Crippen molar-refractivity contribution in [2.24, 2.45) is 10.9 Å². The summed E-state index contributed by atoms with van der Waals surface area (Å²) in [5.41, 5.74) is 0. The molecule has 106 valence electrons. The van der Waals surface area contributed by atoms with E-state index in [9.17, 15) is 0 Å². The third-order valence-corrected chi connectivity index (χ3v) is 3.85. The minimum absolute atomic E-state index is 0.347. The Morgan fingerprint density at radius 3 is 2.78 bits per heavy atom. The Balaban J connectivity index is 2.06. The molecule has 1 heterocycles. The molecule has 1 rings (SSSR count). The Hall–Kier alpha value is -0.220. The van der Waals surface area contributed by atoms with Crippen LogP contribution in [0.15, 0.2) is 4.99 Å². The fourth-order valence-electron chi connectivity index (χ4n) is 1.94. The summed E-state index contributed by atoms with van der Waals surface area (Å²) in [5.74, 6) is 1.93. The molecule has 0 aromatic heterocycles. The minimum atomic E-state index is 0.347. The maximum absolute atomic E-state index is 5.51. The standard InChI is InChI=1S/C14H28N2OS/c1-11(2)9-13-10-18-14(16-13)15-7-5-6-8-17-12(3)4/h11-13H,5-10H2,1-4H3,(H,15,16). The maximum atomic E-state index is 5.51. The Morgan fingerprint density at radius 2 is 2.11 bits per heavy atom. The van der Waals surface area contributed by atoms with Gasteiger partial charge < -0.3 is 10.1 Å². The molecule has 1 unspecified atom stereocenters. The predicted octanol–water partition coefficient (Wildman–Crippen LogP) is 3.30. The zero-order chi connectivity index (χ0) is 13.4. The van der Waals surface area contributed by atoms with Crippen LogP contribution in [-0.4, -0.2) is 36.2 Å². The maximum Gasteiger partial charge on any atom is 0.156 e. The van der Waals surface area contributed by atoms with Crippen molar-refractivity contribution in [3.8, 4) is 0 Å². The van der Waals surface area contributed by atoms with E-state index in [0.717, 1.165) is 37.1 Å². The largest absolute Gasteiger partial charge is 0.379 e. The van der Waals surface area contributed by atoms with Gasteiger partial charge in [-0.25, -0.2) is 0 Å². The smallest absolute Gasteiger partial charge is 0.156 e. The Kier molecular flexibility index (Phi) is 7.75. The predicted molar refractivity (Wildman–Crippen MR) is 81.5 cm³/mol. The summed E-state index contributed by atoms with van der Waals surface area (Å²) in [7, 11) is 0. The van der Waals surface area contributed by atoms with Crippen molar-refractivity contribution in [3.63, 3.8) is 0 Å². The summed E-state index contributed by atoms with van der Waals surface area (Å²) < 4.78 is 5.51. The third-order valence-electron chi connectivity index (χ3n) is 2.76. The lowest BCUT2D eigenvalue weighted by Crippen LogP contribution is -2.28. The second-order valence-corrected chi connectivity index (χ2v) is 6.60. The third kappa shape index (κ3) is 7.27. The number of aliphatic imine (C=N–C) groups is 1. The number of hydrogen-bond donors (Lipinski definition) is 1. The molecule has 0 saturated carbocycles. The van der Waals surface area contributed by atoms with E-state index in [4.69, 9.17) is 4.74 Å². The summed E-state index contributed by atoms with van der Waals surface area (Å²) in [4.78, 5) is 4.61. The summed E-state index contributed by atoms with van der Waals surface area (Å²) >= 11 is 1.87. The van der Waals surface area contributed by atoms with Crippen molar-refractivity contribution in [1.82, 2.24) is 5.32 Å². The second-order valence-electron chi connectivity index (χ2n) is 5.60. The fraction of sp³-hybridized carbons (Fsp3) is 0.929. The van der Waals surface area contributed by atoms with Crippen LogP contribution < -0.4 is 5.32 Å². The van der Waals surface area contributed by atoms with Gasteiger partial charge in [0.2, 0.25) is 0 Å². The molecule has 1 aliphatic rings. The summed E-state index contributed by atoms with van der Waals surface area (Å²) in [6.07, 6.45) is 3.82. The molecule has 1 atom stereocenters. The number of nitrogens with zero attached hydrogens (tertiary/aromatic N) is 1. The molecule has 0 aromatic rings. The van der Waals surface area contributed by atoms with Crippen LogP contribution in [0, 0.1) is 5.92 Å². The monoisotopic (exact) mass is 272 g/mol. The normalized spacial score (nSPS) is 22.1. The van der Waals surface area contributed by atoms with Crippen LogP contribution in [0.3, 0.4) is 0 Å². The van der Waals surface area contributed by atoms with Crippen LogP contribution in [0.4, 0.5) is 0 Å². The molecular weight excluding hydrogens is 244 g/mol. The number of ether oxygens (including phenoxy) is 1. The average molecular weight is 272 g/mol. The number of thioether (sulfide) groups is 1. The van der Waals surface area contributed by atoms with E-state index in [-0.39, 0.29) is 0 Å². The summed E-state index contributed by atoms with van der Waals surface area (Å²) in [6, 6.07) is 0.623. The van der Waals surface area contributed by atoms with Crippen LogP contribution in [0.25, 0.3) is 0 Å². The molecule has 1 N–H and O–H groups in total. The van der Waals surface area contributed by atoms with Gasteiger partial charge in [-0.3, -0.25) is 4.99 Å². The second kappa shape index (κ2) is 8.81. The number of amidine groups is 1. The van der Waals surface area contributed by atoms with Crippen LogP contribution in [0.1, 0.15) is 47.0 Å². The molecule has 4 heteroatoms. The van der Waals surface area contributed by atoms with Crippen molar-refractivity contribution in [3.05, 3.63) is 0 Å². The van der Waals surface area contributed by atoms with Crippen LogP contribution in [0.2, 0.25) is 0 Å². The first kappa shape index (κ1) is 15.8. The van der Waals surface area contributed by atoms with Gasteiger partial charge in [0.05, 0.1) is 6.10 Å². The van der Waals surface area contributed by atoms with Gasteiger partial charge in [0.15, 0.2) is 5.17 Å². The van der Waals surface area contributed by atoms with E-state index in [1.807, 2.05) is 11.8 Å². The van der Waals surface area contributed by atoms with Crippen molar-refractivity contribution in [2.45, 2.75) is 59.1 Å². The zero-order valence-electron chi connectivity index (χ0n) is 12.2. The molecule has 0 aliphatic carbocycles. The highest BCUT2D eigenvalue weighted by molar-refractivity contribution is 8.14. The van der Waals surface area contributed by atoms with Crippen LogP contribution in [-0.2, 0) is 4.74 Å². The Labute approximate surface area is 116 Å². The first-order valence-electron chi connectivity index (χ1n) is 7.13. The molecule has 0 aromatic carbocycles. The molecule has 18 heavy (non-hydrogen) atoms. The van der Waals surface area contributed by atoms with Crippen molar-refractivity contribution >= 4 is 16.9 Å². The summed E-state index contributed by atoms with van der Waals surface area (Å²) in [5, 5.41) is 4.66.